The van der Waals surface area contributed by atoms with E-state index >= 15 is 0 Å². The Morgan fingerprint density at radius 3 is 2.57 bits per heavy atom. The van der Waals surface area contributed by atoms with Crippen molar-refractivity contribution in [1.82, 2.24) is 15.0 Å². The van der Waals surface area contributed by atoms with Crippen LogP contribution >= 0.6 is 0 Å². The van der Waals surface area contributed by atoms with Gasteiger partial charge in [0.1, 0.15) is 5.52 Å². The number of methoxy groups -OCH3 is 1. The molecule has 0 amide bonds. The lowest BCUT2D eigenvalue weighted by Gasteiger charge is -2.33. The minimum atomic E-state index is 0.580. The zero-order chi connectivity index (χ0) is 15.6. The molecule has 0 atom stereocenters. The molecule has 1 aromatic carbocycles. The van der Waals surface area contributed by atoms with Gasteiger partial charge in [0.05, 0.1) is 7.11 Å². The second-order valence-corrected chi connectivity index (χ2v) is 5.34. The normalized spacial score (nSPS) is 15.2. The molecule has 0 saturated carbocycles. The SMILES string of the molecule is COc1ccnc(N2CCN(c3nc4ccccc4o3)CC2)n1. The molecule has 0 radical (unpaired) electrons. The number of hydrogen-bond donors (Lipinski definition) is 0. The highest BCUT2D eigenvalue weighted by Gasteiger charge is 2.22. The number of piperazine rings is 1. The van der Waals surface area contributed by atoms with E-state index in [0.29, 0.717) is 17.8 Å². The van der Waals surface area contributed by atoms with Crippen LogP contribution in [0.15, 0.2) is 40.9 Å². The van der Waals surface area contributed by atoms with E-state index in [-0.39, 0.29) is 0 Å². The standard InChI is InChI=1S/C16H17N5O2/c1-22-14-6-7-17-15(19-14)20-8-10-21(11-9-20)16-18-12-4-2-3-5-13(12)23-16/h2-7H,8-11H2,1H3. The first-order valence-electron chi connectivity index (χ1n) is 7.56. The van der Waals surface area contributed by atoms with Crippen LogP contribution in [0.5, 0.6) is 5.88 Å². The first-order chi connectivity index (χ1) is 11.3. The van der Waals surface area contributed by atoms with Crippen LogP contribution in [0.25, 0.3) is 11.1 Å². The van der Waals surface area contributed by atoms with Crippen molar-refractivity contribution in [3.63, 3.8) is 0 Å². The second-order valence-electron chi connectivity index (χ2n) is 5.34. The number of fused-ring (bicyclic) bond motifs is 1. The molecule has 0 N–H and O–H groups in total. The molecule has 118 valence electrons. The number of anilines is 2. The van der Waals surface area contributed by atoms with Crippen molar-refractivity contribution >= 4 is 23.1 Å². The summed E-state index contributed by atoms with van der Waals surface area (Å²) in [5.74, 6) is 1.28. The van der Waals surface area contributed by atoms with Crippen molar-refractivity contribution in [3.8, 4) is 5.88 Å². The quantitative estimate of drug-likeness (QED) is 0.732. The molecule has 4 rings (SSSR count). The van der Waals surface area contributed by atoms with Gasteiger partial charge in [0.25, 0.3) is 6.01 Å². The summed E-state index contributed by atoms with van der Waals surface area (Å²) in [6.07, 6.45) is 1.72. The fourth-order valence-electron chi connectivity index (χ4n) is 2.69. The number of para-hydroxylation sites is 2. The van der Waals surface area contributed by atoms with Gasteiger partial charge in [0.15, 0.2) is 5.58 Å². The first kappa shape index (κ1) is 13.8. The molecule has 1 aliphatic rings. The van der Waals surface area contributed by atoms with Crippen LogP contribution in [-0.4, -0.2) is 48.2 Å². The molecule has 0 bridgehead atoms. The van der Waals surface area contributed by atoms with Gasteiger partial charge < -0.3 is 19.0 Å². The largest absolute Gasteiger partial charge is 0.481 e. The van der Waals surface area contributed by atoms with Gasteiger partial charge in [0, 0.05) is 38.4 Å². The predicted molar refractivity (Wildman–Crippen MR) is 87.0 cm³/mol. The average Bonchev–Trinajstić information content (AvgIpc) is 3.06. The lowest BCUT2D eigenvalue weighted by atomic mass is 10.3. The van der Waals surface area contributed by atoms with Gasteiger partial charge in [0.2, 0.25) is 11.8 Å². The Kier molecular flexibility index (Phi) is 3.45. The smallest absolute Gasteiger partial charge is 0.298 e. The number of nitrogens with zero attached hydrogens (tertiary/aromatic N) is 5. The molecule has 0 aliphatic carbocycles. The molecule has 0 spiro atoms. The number of aromatic nitrogens is 3. The van der Waals surface area contributed by atoms with E-state index in [4.69, 9.17) is 9.15 Å². The van der Waals surface area contributed by atoms with E-state index in [0.717, 1.165) is 37.3 Å². The third kappa shape index (κ3) is 2.65. The van der Waals surface area contributed by atoms with Crippen LogP contribution in [0, 0.1) is 0 Å². The maximum atomic E-state index is 5.83. The molecule has 3 aromatic rings. The summed E-state index contributed by atoms with van der Waals surface area (Å²) in [5.41, 5.74) is 1.71. The topological polar surface area (TPSA) is 67.5 Å². The van der Waals surface area contributed by atoms with Crippen molar-refractivity contribution in [2.24, 2.45) is 0 Å². The van der Waals surface area contributed by atoms with Gasteiger partial charge >= 0.3 is 0 Å². The van der Waals surface area contributed by atoms with Crippen LogP contribution in [-0.2, 0) is 0 Å². The Labute approximate surface area is 133 Å². The van der Waals surface area contributed by atoms with Crippen molar-refractivity contribution in [2.75, 3.05) is 43.1 Å². The Balaban J connectivity index is 1.48. The Morgan fingerprint density at radius 2 is 1.78 bits per heavy atom. The van der Waals surface area contributed by atoms with Crippen LogP contribution < -0.4 is 14.5 Å². The fourth-order valence-corrected chi connectivity index (χ4v) is 2.69. The lowest BCUT2D eigenvalue weighted by molar-refractivity contribution is 0.396. The van der Waals surface area contributed by atoms with Gasteiger partial charge in [-0.25, -0.2) is 4.98 Å². The third-order valence-electron chi connectivity index (χ3n) is 3.94. The summed E-state index contributed by atoms with van der Waals surface area (Å²) in [5, 5.41) is 0. The monoisotopic (exact) mass is 311 g/mol. The van der Waals surface area contributed by atoms with Gasteiger partial charge in [-0.2, -0.15) is 9.97 Å². The van der Waals surface area contributed by atoms with E-state index in [1.807, 2.05) is 24.3 Å². The van der Waals surface area contributed by atoms with E-state index < -0.39 is 0 Å². The highest BCUT2D eigenvalue weighted by atomic mass is 16.5. The van der Waals surface area contributed by atoms with Crippen molar-refractivity contribution in [1.29, 1.82) is 0 Å². The number of oxazole rings is 1. The van der Waals surface area contributed by atoms with E-state index in [2.05, 4.69) is 24.8 Å². The van der Waals surface area contributed by atoms with Crippen LogP contribution in [0.1, 0.15) is 0 Å². The number of ether oxygens (including phenoxy) is 1. The van der Waals surface area contributed by atoms with Crippen LogP contribution in [0.2, 0.25) is 0 Å². The minimum Gasteiger partial charge on any atom is -0.481 e. The Hall–Kier alpha value is -2.83. The molecule has 23 heavy (non-hydrogen) atoms. The number of rotatable bonds is 3. The maximum absolute atomic E-state index is 5.83. The fraction of sp³-hybridized carbons (Fsp3) is 0.312. The molecule has 7 heteroatoms. The predicted octanol–water partition coefficient (Wildman–Crippen LogP) is 1.95. The molecule has 1 fully saturated rings. The first-order valence-corrected chi connectivity index (χ1v) is 7.56. The van der Waals surface area contributed by atoms with Gasteiger partial charge in [-0.1, -0.05) is 12.1 Å². The minimum absolute atomic E-state index is 0.580. The summed E-state index contributed by atoms with van der Waals surface area (Å²) in [6, 6.07) is 10.2. The van der Waals surface area contributed by atoms with Crippen LogP contribution in [0.3, 0.4) is 0 Å². The summed E-state index contributed by atoms with van der Waals surface area (Å²) in [4.78, 5) is 17.5. The van der Waals surface area contributed by atoms with E-state index in [9.17, 15) is 0 Å². The third-order valence-corrected chi connectivity index (χ3v) is 3.94. The molecule has 0 unspecified atom stereocenters. The summed E-state index contributed by atoms with van der Waals surface area (Å²) >= 11 is 0. The van der Waals surface area contributed by atoms with E-state index in [1.165, 1.54) is 0 Å². The summed E-state index contributed by atoms with van der Waals surface area (Å²) in [6.45, 7) is 3.25. The highest BCUT2D eigenvalue weighted by molar-refractivity contribution is 5.74. The van der Waals surface area contributed by atoms with Crippen molar-refractivity contribution in [2.45, 2.75) is 0 Å². The number of hydrogen-bond acceptors (Lipinski definition) is 7. The molecule has 1 saturated heterocycles. The molecule has 7 nitrogen and oxygen atoms in total. The summed E-state index contributed by atoms with van der Waals surface area (Å²) in [7, 11) is 1.61. The van der Waals surface area contributed by atoms with Crippen LogP contribution in [0.4, 0.5) is 12.0 Å². The molecule has 1 aliphatic heterocycles. The molecule has 2 aromatic heterocycles. The summed E-state index contributed by atoms with van der Waals surface area (Å²) < 4.78 is 11.0. The molecular weight excluding hydrogens is 294 g/mol. The molecular formula is C16H17N5O2. The zero-order valence-corrected chi connectivity index (χ0v) is 12.8. The van der Waals surface area contributed by atoms with Crippen molar-refractivity contribution in [3.05, 3.63) is 36.5 Å². The Morgan fingerprint density at radius 1 is 1.00 bits per heavy atom. The molecule has 3 heterocycles. The lowest BCUT2D eigenvalue weighted by Crippen LogP contribution is -2.47. The van der Waals surface area contributed by atoms with Gasteiger partial charge in [-0.05, 0) is 12.1 Å². The number of benzene rings is 1. The van der Waals surface area contributed by atoms with Gasteiger partial charge in [-0.3, -0.25) is 0 Å². The second kappa shape index (κ2) is 5.75. The maximum Gasteiger partial charge on any atom is 0.298 e. The Bertz CT molecular complexity index is 778. The van der Waals surface area contributed by atoms with E-state index in [1.54, 1.807) is 19.4 Å². The average molecular weight is 311 g/mol. The van der Waals surface area contributed by atoms with Crippen molar-refractivity contribution < 1.29 is 9.15 Å². The zero-order valence-electron chi connectivity index (χ0n) is 12.8. The van der Waals surface area contributed by atoms with Gasteiger partial charge in [-0.15, -0.1) is 0 Å². The highest BCUT2D eigenvalue weighted by Crippen LogP contribution is 2.23.